The van der Waals surface area contributed by atoms with E-state index in [-0.39, 0.29) is 0 Å². The fourth-order valence-electron chi connectivity index (χ4n) is 2.53. The molecule has 2 aromatic rings. The van der Waals surface area contributed by atoms with Crippen molar-refractivity contribution in [2.24, 2.45) is 0 Å². The van der Waals surface area contributed by atoms with Crippen molar-refractivity contribution in [2.45, 2.75) is 39.2 Å². The van der Waals surface area contributed by atoms with Gasteiger partial charge < -0.3 is 10.0 Å². The lowest BCUT2D eigenvalue weighted by Crippen LogP contribution is -2.26. The SMILES string of the molecule is CCCCN(CC)CCC(O)c1ccc2[nH]ncc2c1Cl. The Morgan fingerprint density at radius 2 is 2.14 bits per heavy atom. The molecule has 1 unspecified atom stereocenters. The maximum absolute atomic E-state index is 10.4. The summed E-state index contributed by atoms with van der Waals surface area (Å²) in [6.07, 6.45) is 4.26. The van der Waals surface area contributed by atoms with Gasteiger partial charge in [-0.25, -0.2) is 0 Å². The van der Waals surface area contributed by atoms with Gasteiger partial charge in [0.2, 0.25) is 0 Å². The Bertz CT molecular complexity index is 570. The van der Waals surface area contributed by atoms with Gasteiger partial charge in [0.15, 0.2) is 0 Å². The first kappa shape index (κ1) is 16.3. The number of nitrogens with zero attached hydrogens (tertiary/aromatic N) is 2. The molecule has 1 atom stereocenters. The van der Waals surface area contributed by atoms with Crippen LogP contribution in [0.4, 0.5) is 0 Å². The molecular formula is C16H24ClN3O. The largest absolute Gasteiger partial charge is 0.388 e. The van der Waals surface area contributed by atoms with Gasteiger partial charge in [-0.05, 0) is 37.6 Å². The Kier molecular flexibility index (Phi) is 6.03. The maximum Gasteiger partial charge on any atom is 0.0816 e. The number of hydrogen-bond acceptors (Lipinski definition) is 3. The van der Waals surface area contributed by atoms with Gasteiger partial charge in [0, 0.05) is 11.9 Å². The third-order valence-corrected chi connectivity index (χ3v) is 4.36. The lowest BCUT2D eigenvalue weighted by Gasteiger charge is -2.22. The van der Waals surface area contributed by atoms with Gasteiger partial charge in [-0.2, -0.15) is 5.10 Å². The molecule has 21 heavy (non-hydrogen) atoms. The molecule has 4 nitrogen and oxygen atoms in total. The van der Waals surface area contributed by atoms with E-state index in [9.17, 15) is 5.11 Å². The summed E-state index contributed by atoms with van der Waals surface area (Å²) in [5, 5.41) is 18.8. The van der Waals surface area contributed by atoms with Crippen LogP contribution in [0.1, 0.15) is 44.8 Å². The Morgan fingerprint density at radius 3 is 2.86 bits per heavy atom. The molecule has 0 aliphatic carbocycles. The zero-order chi connectivity index (χ0) is 15.2. The topological polar surface area (TPSA) is 52.1 Å². The summed E-state index contributed by atoms with van der Waals surface area (Å²) >= 11 is 6.38. The van der Waals surface area contributed by atoms with Crippen LogP contribution in [0, 0.1) is 0 Å². The van der Waals surface area contributed by atoms with Gasteiger partial charge >= 0.3 is 0 Å². The number of aromatic amines is 1. The zero-order valence-electron chi connectivity index (χ0n) is 12.8. The van der Waals surface area contributed by atoms with Gasteiger partial charge in [0.05, 0.1) is 22.8 Å². The lowest BCUT2D eigenvalue weighted by atomic mass is 10.0. The molecule has 2 rings (SSSR count). The van der Waals surface area contributed by atoms with E-state index < -0.39 is 6.10 Å². The Balaban J connectivity index is 2.01. The maximum atomic E-state index is 10.4. The van der Waals surface area contributed by atoms with Crippen LogP contribution in [0.5, 0.6) is 0 Å². The molecule has 0 saturated carbocycles. The van der Waals surface area contributed by atoms with Crippen LogP contribution in [-0.4, -0.2) is 39.8 Å². The van der Waals surface area contributed by atoms with Crippen molar-refractivity contribution in [3.05, 3.63) is 28.9 Å². The molecule has 0 spiro atoms. The van der Waals surface area contributed by atoms with Crippen molar-refractivity contribution in [2.75, 3.05) is 19.6 Å². The van der Waals surface area contributed by atoms with Crippen LogP contribution < -0.4 is 0 Å². The number of unbranched alkanes of at least 4 members (excludes halogenated alkanes) is 1. The molecule has 1 aromatic heterocycles. The molecule has 2 N–H and O–H groups in total. The zero-order valence-corrected chi connectivity index (χ0v) is 13.5. The summed E-state index contributed by atoms with van der Waals surface area (Å²) in [5.74, 6) is 0. The van der Waals surface area contributed by atoms with E-state index in [2.05, 4.69) is 28.9 Å². The number of aromatic nitrogens is 2. The van der Waals surface area contributed by atoms with Gasteiger partial charge in [0.1, 0.15) is 0 Å². The second kappa shape index (κ2) is 7.78. The summed E-state index contributed by atoms with van der Waals surface area (Å²) < 4.78 is 0. The monoisotopic (exact) mass is 309 g/mol. The fraction of sp³-hybridized carbons (Fsp3) is 0.562. The van der Waals surface area contributed by atoms with Crippen LogP contribution in [0.3, 0.4) is 0 Å². The first-order valence-corrected chi connectivity index (χ1v) is 8.07. The Morgan fingerprint density at radius 1 is 1.33 bits per heavy atom. The van der Waals surface area contributed by atoms with Crippen molar-refractivity contribution in [1.82, 2.24) is 15.1 Å². The molecule has 116 valence electrons. The highest BCUT2D eigenvalue weighted by atomic mass is 35.5. The van der Waals surface area contributed by atoms with Crippen molar-refractivity contribution in [1.29, 1.82) is 0 Å². The van der Waals surface area contributed by atoms with Crippen molar-refractivity contribution in [3.8, 4) is 0 Å². The first-order valence-electron chi connectivity index (χ1n) is 7.69. The number of halogens is 1. The number of H-pyrrole nitrogens is 1. The molecule has 1 heterocycles. The van der Waals surface area contributed by atoms with Crippen LogP contribution >= 0.6 is 11.6 Å². The summed E-state index contributed by atoms with van der Waals surface area (Å²) in [7, 11) is 0. The normalized spacial score (nSPS) is 13.2. The van der Waals surface area contributed by atoms with E-state index in [4.69, 9.17) is 11.6 Å². The number of hydrogen-bond donors (Lipinski definition) is 2. The highest BCUT2D eigenvalue weighted by molar-refractivity contribution is 6.36. The number of benzene rings is 1. The molecule has 0 radical (unpaired) electrons. The summed E-state index contributed by atoms with van der Waals surface area (Å²) in [6, 6.07) is 3.80. The molecule has 0 bridgehead atoms. The number of rotatable bonds is 8. The Labute approximate surface area is 131 Å². The average Bonchev–Trinajstić information content (AvgIpc) is 2.97. The quantitative estimate of drug-likeness (QED) is 0.780. The van der Waals surface area contributed by atoms with E-state index in [0.717, 1.165) is 36.1 Å². The molecular weight excluding hydrogens is 286 g/mol. The van der Waals surface area contributed by atoms with Gasteiger partial charge in [-0.1, -0.05) is 37.9 Å². The minimum Gasteiger partial charge on any atom is -0.388 e. The van der Waals surface area contributed by atoms with Crippen LogP contribution in [0.25, 0.3) is 10.9 Å². The third kappa shape index (κ3) is 3.96. The van der Waals surface area contributed by atoms with Crippen molar-refractivity contribution >= 4 is 22.5 Å². The van der Waals surface area contributed by atoms with Crippen molar-refractivity contribution in [3.63, 3.8) is 0 Å². The van der Waals surface area contributed by atoms with Gasteiger partial charge in [-0.3, -0.25) is 5.10 Å². The predicted molar refractivity (Wildman–Crippen MR) is 87.7 cm³/mol. The highest BCUT2D eigenvalue weighted by Crippen LogP contribution is 2.31. The first-order chi connectivity index (χ1) is 10.2. The summed E-state index contributed by atoms with van der Waals surface area (Å²) in [4.78, 5) is 2.37. The molecule has 1 aromatic carbocycles. The predicted octanol–water partition coefficient (Wildman–Crippen LogP) is 3.76. The van der Waals surface area contributed by atoms with Crippen LogP contribution in [0.2, 0.25) is 5.02 Å². The van der Waals surface area contributed by atoms with Gasteiger partial charge in [0.25, 0.3) is 0 Å². The number of fused-ring (bicyclic) bond motifs is 1. The van der Waals surface area contributed by atoms with Crippen LogP contribution in [0.15, 0.2) is 18.3 Å². The number of aliphatic hydroxyl groups excluding tert-OH is 1. The third-order valence-electron chi connectivity index (χ3n) is 3.94. The molecule has 0 fully saturated rings. The Hall–Kier alpha value is -1.10. The second-order valence-electron chi connectivity index (χ2n) is 5.39. The lowest BCUT2D eigenvalue weighted by molar-refractivity contribution is 0.143. The minimum absolute atomic E-state index is 0.535. The van der Waals surface area contributed by atoms with E-state index in [0.29, 0.717) is 11.4 Å². The molecule has 0 amide bonds. The summed E-state index contributed by atoms with van der Waals surface area (Å²) in [6.45, 7) is 7.35. The minimum atomic E-state index is -0.535. The number of nitrogens with one attached hydrogen (secondary N) is 1. The second-order valence-corrected chi connectivity index (χ2v) is 5.77. The smallest absolute Gasteiger partial charge is 0.0816 e. The molecule has 5 heteroatoms. The van der Waals surface area contributed by atoms with E-state index >= 15 is 0 Å². The van der Waals surface area contributed by atoms with Crippen molar-refractivity contribution < 1.29 is 5.11 Å². The number of aliphatic hydroxyl groups is 1. The average molecular weight is 310 g/mol. The molecule has 0 saturated heterocycles. The fourth-order valence-corrected chi connectivity index (χ4v) is 2.87. The van der Waals surface area contributed by atoms with E-state index in [1.165, 1.54) is 12.8 Å². The highest BCUT2D eigenvalue weighted by Gasteiger charge is 2.15. The van der Waals surface area contributed by atoms with Crippen LogP contribution in [-0.2, 0) is 0 Å². The summed E-state index contributed by atoms with van der Waals surface area (Å²) in [5.41, 5.74) is 1.69. The van der Waals surface area contributed by atoms with E-state index in [1.807, 2.05) is 12.1 Å². The van der Waals surface area contributed by atoms with E-state index in [1.54, 1.807) is 6.20 Å². The van der Waals surface area contributed by atoms with Gasteiger partial charge in [-0.15, -0.1) is 0 Å². The standard InChI is InChI=1S/C16H24ClN3O/c1-3-5-9-20(4-2)10-8-15(21)12-6-7-14-13(16(12)17)11-18-19-14/h6-7,11,15,21H,3-5,8-10H2,1-2H3,(H,18,19). The molecule has 0 aliphatic rings. The molecule has 0 aliphatic heterocycles.